The molecule has 0 saturated carbocycles. The Morgan fingerprint density at radius 3 is 2.64 bits per heavy atom. The number of nitrogens with zero attached hydrogens (tertiary/aromatic N) is 2. The second-order valence-electron chi connectivity index (χ2n) is 6.17. The number of nitrogens with one attached hydrogen (secondary N) is 1. The number of halogens is 2. The van der Waals surface area contributed by atoms with Crippen LogP contribution < -0.4 is 10.1 Å². The molecule has 142 valence electrons. The van der Waals surface area contributed by atoms with Gasteiger partial charge in [-0.1, -0.05) is 29.8 Å². The lowest BCUT2D eigenvalue weighted by atomic mass is 10.1. The van der Waals surface area contributed by atoms with Crippen molar-refractivity contribution in [3.8, 4) is 17.9 Å². The van der Waals surface area contributed by atoms with E-state index >= 15 is 0 Å². The van der Waals surface area contributed by atoms with Crippen LogP contribution in [0.1, 0.15) is 30.5 Å². The van der Waals surface area contributed by atoms with Crippen LogP contribution in [0.2, 0.25) is 5.02 Å². The van der Waals surface area contributed by atoms with E-state index in [4.69, 9.17) is 21.6 Å². The first kappa shape index (κ1) is 21.5. The number of rotatable bonds is 6. The fraction of sp³-hybridized carbons (Fsp3) is 0.190. The predicted octanol–water partition coefficient (Wildman–Crippen LogP) is 4.98. The molecule has 0 aromatic heterocycles. The van der Waals surface area contributed by atoms with E-state index in [1.807, 2.05) is 32.0 Å². The maximum Gasteiger partial charge on any atom is 0.262 e. The third kappa shape index (κ3) is 5.60. The first-order valence-electron chi connectivity index (χ1n) is 8.38. The van der Waals surface area contributed by atoms with Gasteiger partial charge in [0.2, 0.25) is 0 Å². The normalized spacial score (nSPS) is 10.9. The number of benzene rings is 2. The van der Waals surface area contributed by atoms with Gasteiger partial charge in [0.1, 0.15) is 18.2 Å². The molecule has 0 aliphatic heterocycles. The molecule has 0 aliphatic rings. The summed E-state index contributed by atoms with van der Waals surface area (Å²) in [6.45, 7) is 3.81. The quantitative estimate of drug-likeness (QED) is 0.488. The number of ether oxygens (including phenoxy) is 1. The van der Waals surface area contributed by atoms with Crippen LogP contribution in [0.4, 0.5) is 0 Å². The van der Waals surface area contributed by atoms with Crippen molar-refractivity contribution in [3.05, 3.63) is 68.2 Å². The summed E-state index contributed by atoms with van der Waals surface area (Å²) in [6, 6.07) is 14.4. The molecule has 1 N–H and O–H groups in total. The lowest BCUT2D eigenvalue weighted by Crippen LogP contribution is -2.30. The molecule has 0 radical (unpaired) electrons. The smallest absolute Gasteiger partial charge is 0.262 e. The van der Waals surface area contributed by atoms with Gasteiger partial charge in [0.15, 0.2) is 5.75 Å². The molecule has 7 heteroatoms. The lowest BCUT2D eigenvalue weighted by molar-refractivity contribution is -0.117. The summed E-state index contributed by atoms with van der Waals surface area (Å²) in [5.74, 6) is -0.0325. The maximum absolute atomic E-state index is 12.0. The second kappa shape index (κ2) is 9.94. The van der Waals surface area contributed by atoms with Gasteiger partial charge in [0, 0.05) is 11.6 Å². The molecule has 5 nitrogen and oxygen atoms in total. The summed E-state index contributed by atoms with van der Waals surface area (Å²) in [5, 5.41) is 21.4. The van der Waals surface area contributed by atoms with E-state index in [0.29, 0.717) is 26.4 Å². The fourth-order valence-corrected chi connectivity index (χ4v) is 3.35. The molecule has 2 rings (SSSR count). The molecule has 1 amide bonds. The summed E-state index contributed by atoms with van der Waals surface area (Å²) in [5.41, 5.74) is 1.84. The van der Waals surface area contributed by atoms with Gasteiger partial charge in [-0.3, -0.25) is 4.79 Å². The molecule has 28 heavy (non-hydrogen) atoms. The lowest BCUT2D eigenvalue weighted by Gasteiger charge is -2.12. The topological polar surface area (TPSA) is 85.9 Å². The number of hydrogen-bond acceptors (Lipinski definition) is 4. The molecular weight excluding hydrogens is 442 g/mol. The Bertz CT molecular complexity index is 980. The van der Waals surface area contributed by atoms with Gasteiger partial charge >= 0.3 is 0 Å². The standard InChI is InChI=1S/C21H17BrClN3O2/c1-13(2)26-21(27)17(11-25)7-14-8-18(22)20(19(23)9-14)28-12-16-6-4-3-5-15(16)10-24/h3-9,13H,12H2,1-2H3,(H,26,27)/b17-7-. The Kier molecular flexibility index (Phi) is 7.63. The van der Waals surface area contributed by atoms with Crippen LogP contribution in [0.3, 0.4) is 0 Å². The third-order valence-electron chi connectivity index (χ3n) is 3.63. The van der Waals surface area contributed by atoms with Crippen LogP contribution in [0, 0.1) is 22.7 Å². The molecule has 0 atom stereocenters. The van der Waals surface area contributed by atoms with Crippen molar-refractivity contribution in [2.75, 3.05) is 0 Å². The van der Waals surface area contributed by atoms with Crippen LogP contribution in [0.15, 0.2) is 46.4 Å². The molecule has 0 unspecified atom stereocenters. The van der Waals surface area contributed by atoms with Crippen molar-refractivity contribution in [2.45, 2.75) is 26.5 Å². The van der Waals surface area contributed by atoms with E-state index in [-0.39, 0.29) is 18.2 Å². The Labute approximate surface area is 177 Å². The van der Waals surface area contributed by atoms with Crippen molar-refractivity contribution in [1.29, 1.82) is 10.5 Å². The van der Waals surface area contributed by atoms with Crippen molar-refractivity contribution in [1.82, 2.24) is 5.32 Å². The van der Waals surface area contributed by atoms with E-state index in [1.165, 1.54) is 6.08 Å². The molecule has 2 aromatic rings. The minimum absolute atomic E-state index is 0.0201. The summed E-state index contributed by atoms with van der Waals surface area (Å²) in [7, 11) is 0. The number of carbonyl (C=O) groups excluding carboxylic acids is 1. The summed E-state index contributed by atoms with van der Waals surface area (Å²) < 4.78 is 6.36. The zero-order valence-electron chi connectivity index (χ0n) is 15.3. The molecule has 0 spiro atoms. The molecule has 2 aromatic carbocycles. The highest BCUT2D eigenvalue weighted by molar-refractivity contribution is 9.10. The fourth-order valence-electron chi connectivity index (χ4n) is 2.36. The number of amides is 1. The Hall–Kier alpha value is -2.80. The summed E-state index contributed by atoms with van der Waals surface area (Å²) >= 11 is 9.74. The Morgan fingerprint density at radius 1 is 1.32 bits per heavy atom. The van der Waals surface area contributed by atoms with Crippen molar-refractivity contribution in [2.24, 2.45) is 0 Å². The van der Waals surface area contributed by atoms with Crippen molar-refractivity contribution >= 4 is 39.5 Å². The molecule has 0 aliphatic carbocycles. The van der Waals surface area contributed by atoms with E-state index in [2.05, 4.69) is 27.3 Å². The highest BCUT2D eigenvalue weighted by Crippen LogP contribution is 2.35. The van der Waals surface area contributed by atoms with Gasteiger partial charge in [-0.05, 0) is 59.6 Å². The summed E-state index contributed by atoms with van der Waals surface area (Å²) in [6.07, 6.45) is 1.46. The zero-order valence-corrected chi connectivity index (χ0v) is 17.6. The van der Waals surface area contributed by atoms with Gasteiger partial charge < -0.3 is 10.1 Å². The van der Waals surface area contributed by atoms with Crippen LogP contribution in [-0.4, -0.2) is 11.9 Å². The van der Waals surface area contributed by atoms with E-state index in [1.54, 1.807) is 24.3 Å². The maximum atomic E-state index is 12.0. The first-order valence-corrected chi connectivity index (χ1v) is 9.55. The number of hydrogen-bond donors (Lipinski definition) is 1. The van der Waals surface area contributed by atoms with Crippen LogP contribution in [0.5, 0.6) is 5.75 Å². The Morgan fingerprint density at radius 2 is 2.04 bits per heavy atom. The SMILES string of the molecule is CC(C)NC(=O)/C(C#N)=C\c1cc(Cl)c(OCc2ccccc2C#N)c(Br)c1. The third-order valence-corrected chi connectivity index (χ3v) is 4.50. The van der Waals surface area contributed by atoms with Gasteiger partial charge in [-0.25, -0.2) is 0 Å². The number of nitriles is 2. The average Bonchev–Trinajstić information content (AvgIpc) is 2.65. The van der Waals surface area contributed by atoms with Crippen molar-refractivity contribution in [3.63, 3.8) is 0 Å². The molecule has 0 fully saturated rings. The van der Waals surface area contributed by atoms with Gasteiger partial charge in [-0.15, -0.1) is 0 Å². The average molecular weight is 459 g/mol. The first-order chi connectivity index (χ1) is 13.3. The van der Waals surface area contributed by atoms with E-state index in [0.717, 1.165) is 5.56 Å². The van der Waals surface area contributed by atoms with E-state index < -0.39 is 5.91 Å². The molecule has 0 saturated heterocycles. The largest absolute Gasteiger partial charge is 0.486 e. The highest BCUT2D eigenvalue weighted by atomic mass is 79.9. The highest BCUT2D eigenvalue weighted by Gasteiger charge is 2.13. The minimum Gasteiger partial charge on any atom is -0.486 e. The van der Waals surface area contributed by atoms with Crippen molar-refractivity contribution < 1.29 is 9.53 Å². The number of carbonyl (C=O) groups is 1. The summed E-state index contributed by atoms with van der Waals surface area (Å²) in [4.78, 5) is 12.0. The van der Waals surface area contributed by atoms with Gasteiger partial charge in [-0.2, -0.15) is 10.5 Å². The monoisotopic (exact) mass is 457 g/mol. The molecular formula is C21H17BrClN3O2. The minimum atomic E-state index is -0.446. The predicted molar refractivity (Wildman–Crippen MR) is 112 cm³/mol. The van der Waals surface area contributed by atoms with Gasteiger partial charge in [0.05, 0.1) is 21.1 Å². The second-order valence-corrected chi connectivity index (χ2v) is 7.43. The van der Waals surface area contributed by atoms with E-state index in [9.17, 15) is 10.1 Å². The molecule has 0 heterocycles. The van der Waals surface area contributed by atoms with Crippen LogP contribution >= 0.6 is 27.5 Å². The van der Waals surface area contributed by atoms with Gasteiger partial charge in [0.25, 0.3) is 5.91 Å². The molecule has 0 bridgehead atoms. The van der Waals surface area contributed by atoms with Crippen LogP contribution in [-0.2, 0) is 11.4 Å². The van der Waals surface area contributed by atoms with Crippen LogP contribution in [0.25, 0.3) is 6.08 Å². The zero-order chi connectivity index (χ0) is 20.7. The Balaban J connectivity index is 2.25.